The number of hydrogen-bond acceptors (Lipinski definition) is 5. The number of benzene rings is 2. The number of hydrazine groups is 1. The Bertz CT molecular complexity index is 1170. The number of carbonyl (C=O) groups excluding carboxylic acids is 2. The van der Waals surface area contributed by atoms with Crippen LogP contribution in [0.2, 0.25) is 0 Å². The van der Waals surface area contributed by atoms with Gasteiger partial charge in [0, 0.05) is 29.3 Å². The SMILES string of the molecule is CCCCN(C(=O)/C=C/c1cc(C(C)(C)C)c(O)c(C(C)(C)C)c1)[C@H](C(=O)O)c1ccccc1C(=O)NN. The minimum atomic E-state index is -1.39. The lowest BCUT2D eigenvalue weighted by Crippen LogP contribution is -2.40. The molecule has 0 heterocycles. The molecule has 2 rings (SSSR count). The Hall–Kier alpha value is -3.65. The van der Waals surface area contributed by atoms with Crippen molar-refractivity contribution in [2.75, 3.05) is 6.54 Å². The average Bonchev–Trinajstić information content (AvgIpc) is 2.83. The molecule has 0 aliphatic rings. The number of phenols is 1. The Balaban J connectivity index is 2.60. The van der Waals surface area contributed by atoms with Gasteiger partial charge in [0.05, 0.1) is 0 Å². The summed E-state index contributed by atoms with van der Waals surface area (Å²) in [5.41, 5.74) is 3.85. The van der Waals surface area contributed by atoms with Crippen LogP contribution in [0.25, 0.3) is 6.08 Å². The van der Waals surface area contributed by atoms with Gasteiger partial charge in [-0.25, -0.2) is 10.6 Å². The van der Waals surface area contributed by atoms with E-state index in [0.717, 1.165) is 23.1 Å². The van der Waals surface area contributed by atoms with Crippen LogP contribution in [-0.4, -0.2) is 39.4 Å². The topological polar surface area (TPSA) is 133 Å². The zero-order chi connectivity index (χ0) is 28.8. The molecule has 38 heavy (non-hydrogen) atoms. The van der Waals surface area contributed by atoms with Crippen molar-refractivity contribution in [3.63, 3.8) is 0 Å². The number of unbranched alkanes of at least 4 members (excludes halogenated alkanes) is 1. The number of hydrogen-bond donors (Lipinski definition) is 4. The van der Waals surface area contributed by atoms with Crippen LogP contribution >= 0.6 is 0 Å². The molecule has 206 valence electrons. The number of phenolic OH excluding ortho intramolecular Hbond substituents is 1. The third-order valence-electron chi connectivity index (χ3n) is 6.38. The van der Waals surface area contributed by atoms with E-state index in [1.165, 1.54) is 23.1 Å². The largest absolute Gasteiger partial charge is 0.507 e. The molecule has 0 saturated heterocycles. The molecule has 0 unspecified atom stereocenters. The lowest BCUT2D eigenvalue weighted by atomic mass is 9.78. The maximum atomic E-state index is 13.5. The van der Waals surface area contributed by atoms with Gasteiger partial charge in [0.15, 0.2) is 6.04 Å². The summed E-state index contributed by atoms with van der Waals surface area (Å²) in [6.45, 7) is 14.2. The molecule has 0 aliphatic heterocycles. The molecule has 0 spiro atoms. The predicted octanol–water partition coefficient (Wildman–Crippen LogP) is 5.06. The molecule has 0 radical (unpaired) electrons. The summed E-state index contributed by atoms with van der Waals surface area (Å²) in [5, 5.41) is 21.2. The predicted molar refractivity (Wildman–Crippen MR) is 150 cm³/mol. The second-order valence-electron chi connectivity index (χ2n) is 11.5. The lowest BCUT2D eigenvalue weighted by molar-refractivity contribution is -0.148. The van der Waals surface area contributed by atoms with Crippen LogP contribution < -0.4 is 11.3 Å². The van der Waals surface area contributed by atoms with E-state index in [1.54, 1.807) is 18.2 Å². The molecule has 0 aliphatic carbocycles. The summed E-state index contributed by atoms with van der Waals surface area (Å²) < 4.78 is 0. The highest BCUT2D eigenvalue weighted by Gasteiger charge is 2.33. The second kappa shape index (κ2) is 12.3. The summed E-state index contributed by atoms with van der Waals surface area (Å²) in [6, 6.07) is 8.53. The number of nitrogens with one attached hydrogen (secondary N) is 1. The minimum Gasteiger partial charge on any atom is -0.507 e. The molecule has 0 bridgehead atoms. The molecule has 8 nitrogen and oxygen atoms in total. The van der Waals surface area contributed by atoms with E-state index in [1.807, 2.05) is 66.0 Å². The summed E-state index contributed by atoms with van der Waals surface area (Å²) in [4.78, 5) is 39.6. The highest BCUT2D eigenvalue weighted by atomic mass is 16.4. The van der Waals surface area contributed by atoms with Crippen LogP contribution in [0.3, 0.4) is 0 Å². The van der Waals surface area contributed by atoms with Gasteiger partial charge in [-0.05, 0) is 52.7 Å². The number of nitrogen functional groups attached to an aromatic ring is 1. The molecule has 5 N–H and O–H groups in total. The Kier molecular flexibility index (Phi) is 9.87. The van der Waals surface area contributed by atoms with Crippen molar-refractivity contribution in [1.82, 2.24) is 10.3 Å². The number of carbonyl (C=O) groups is 3. The van der Waals surface area contributed by atoms with Gasteiger partial charge in [0.25, 0.3) is 5.91 Å². The highest BCUT2D eigenvalue weighted by Crippen LogP contribution is 2.40. The monoisotopic (exact) mass is 523 g/mol. The van der Waals surface area contributed by atoms with Crippen molar-refractivity contribution in [3.05, 3.63) is 70.3 Å². The van der Waals surface area contributed by atoms with Gasteiger partial charge in [0.1, 0.15) is 5.75 Å². The van der Waals surface area contributed by atoms with Gasteiger partial charge < -0.3 is 15.1 Å². The fourth-order valence-electron chi connectivity index (χ4n) is 4.31. The molecule has 2 aromatic carbocycles. The van der Waals surface area contributed by atoms with Gasteiger partial charge >= 0.3 is 5.97 Å². The first-order chi connectivity index (χ1) is 17.6. The number of nitrogens with zero attached hydrogens (tertiary/aromatic N) is 1. The van der Waals surface area contributed by atoms with E-state index in [-0.39, 0.29) is 34.3 Å². The Morgan fingerprint density at radius 3 is 2.05 bits per heavy atom. The summed E-state index contributed by atoms with van der Waals surface area (Å²) >= 11 is 0. The quantitative estimate of drug-likeness (QED) is 0.157. The number of rotatable bonds is 9. The van der Waals surface area contributed by atoms with Crippen molar-refractivity contribution in [2.45, 2.75) is 78.2 Å². The Morgan fingerprint density at radius 2 is 1.58 bits per heavy atom. The van der Waals surface area contributed by atoms with E-state index in [2.05, 4.69) is 0 Å². The van der Waals surface area contributed by atoms with Crippen LogP contribution in [0.5, 0.6) is 5.75 Å². The zero-order valence-corrected chi connectivity index (χ0v) is 23.5. The van der Waals surface area contributed by atoms with Crippen molar-refractivity contribution in [3.8, 4) is 5.75 Å². The van der Waals surface area contributed by atoms with E-state index < -0.39 is 23.8 Å². The minimum absolute atomic E-state index is 0.0869. The molecular weight excluding hydrogens is 482 g/mol. The van der Waals surface area contributed by atoms with E-state index in [9.17, 15) is 24.6 Å². The fourth-order valence-corrected chi connectivity index (χ4v) is 4.31. The summed E-state index contributed by atoms with van der Waals surface area (Å²) in [6.07, 6.45) is 4.31. The standard InChI is InChI=1S/C30H41N3O5/c1-8-9-16-33(25(28(37)38)20-12-10-11-13-21(20)27(36)32-31)24(34)15-14-19-17-22(29(2,3)4)26(35)23(18-19)30(5,6)7/h10-15,17-18,25,35H,8-9,16,31H2,1-7H3,(H,32,36)(H,37,38)/b15-14+/t25-/m0/s1. The average molecular weight is 524 g/mol. The van der Waals surface area contributed by atoms with Crippen molar-refractivity contribution in [1.29, 1.82) is 0 Å². The van der Waals surface area contributed by atoms with E-state index >= 15 is 0 Å². The van der Waals surface area contributed by atoms with Gasteiger partial charge in [-0.3, -0.25) is 15.0 Å². The zero-order valence-electron chi connectivity index (χ0n) is 23.5. The smallest absolute Gasteiger partial charge is 0.331 e. The summed E-state index contributed by atoms with van der Waals surface area (Å²) in [7, 11) is 0. The van der Waals surface area contributed by atoms with Crippen LogP contribution in [0.1, 0.15) is 100.0 Å². The van der Waals surface area contributed by atoms with Gasteiger partial charge in [-0.1, -0.05) is 73.1 Å². The first-order valence-corrected chi connectivity index (χ1v) is 12.8. The molecular formula is C30H41N3O5. The van der Waals surface area contributed by atoms with Crippen LogP contribution in [0.15, 0.2) is 42.5 Å². The first kappa shape index (κ1) is 30.6. The normalized spacial score (nSPS) is 12.8. The van der Waals surface area contributed by atoms with Crippen molar-refractivity contribution in [2.24, 2.45) is 5.84 Å². The molecule has 0 aromatic heterocycles. The highest BCUT2D eigenvalue weighted by molar-refractivity contribution is 5.99. The number of amides is 2. The van der Waals surface area contributed by atoms with Gasteiger partial charge in [-0.2, -0.15) is 0 Å². The molecule has 1 atom stereocenters. The molecule has 2 amide bonds. The van der Waals surface area contributed by atoms with Gasteiger partial charge in [-0.15, -0.1) is 0 Å². The lowest BCUT2D eigenvalue weighted by Gasteiger charge is -2.29. The van der Waals surface area contributed by atoms with E-state index in [4.69, 9.17) is 5.84 Å². The Morgan fingerprint density at radius 1 is 1.03 bits per heavy atom. The van der Waals surface area contributed by atoms with Crippen LogP contribution in [0, 0.1) is 0 Å². The molecule has 0 saturated carbocycles. The number of carboxylic acids is 1. The van der Waals surface area contributed by atoms with Crippen LogP contribution in [0.4, 0.5) is 0 Å². The number of nitrogens with two attached hydrogens (primary N) is 1. The van der Waals surface area contributed by atoms with Crippen molar-refractivity contribution >= 4 is 23.9 Å². The Labute approximate surface area is 225 Å². The molecule has 0 fully saturated rings. The van der Waals surface area contributed by atoms with Crippen LogP contribution in [-0.2, 0) is 20.4 Å². The maximum absolute atomic E-state index is 13.5. The number of carboxylic acid groups (broad SMARTS) is 1. The van der Waals surface area contributed by atoms with E-state index in [0.29, 0.717) is 6.42 Å². The fraction of sp³-hybridized carbons (Fsp3) is 0.433. The summed E-state index contributed by atoms with van der Waals surface area (Å²) in [5.74, 6) is 3.15. The number of aromatic hydroxyl groups is 1. The van der Waals surface area contributed by atoms with Crippen molar-refractivity contribution < 1.29 is 24.6 Å². The number of aliphatic carboxylic acids is 1. The van der Waals surface area contributed by atoms with Gasteiger partial charge in [0.2, 0.25) is 5.91 Å². The third kappa shape index (κ3) is 7.22. The maximum Gasteiger partial charge on any atom is 0.331 e. The first-order valence-electron chi connectivity index (χ1n) is 12.8. The second-order valence-corrected chi connectivity index (χ2v) is 11.5. The molecule has 8 heteroatoms. The molecule has 2 aromatic rings. The third-order valence-corrected chi connectivity index (χ3v) is 6.38.